The van der Waals surface area contributed by atoms with Crippen molar-refractivity contribution in [3.63, 3.8) is 0 Å². The third-order valence-electron chi connectivity index (χ3n) is 5.70. The summed E-state index contributed by atoms with van der Waals surface area (Å²) in [4.78, 5) is 13.8. The molecule has 0 bridgehead atoms. The van der Waals surface area contributed by atoms with Crippen LogP contribution in [-0.4, -0.2) is 16.8 Å². The van der Waals surface area contributed by atoms with Gasteiger partial charge in [-0.1, -0.05) is 98.9 Å². The summed E-state index contributed by atoms with van der Waals surface area (Å²) in [6, 6.07) is 23.0. The van der Waals surface area contributed by atoms with Gasteiger partial charge >= 0.3 is 0 Å². The second-order valence-electron chi connectivity index (χ2n) is 8.22. The molecular formula is C28H31ClN2OS. The fourth-order valence-electron chi connectivity index (χ4n) is 3.72. The molecule has 0 saturated heterocycles. The first-order chi connectivity index (χ1) is 16.0. The molecule has 1 amide bonds. The van der Waals surface area contributed by atoms with Crippen molar-refractivity contribution in [3.05, 3.63) is 94.5 Å². The highest BCUT2D eigenvalue weighted by molar-refractivity contribution is 7.81. The summed E-state index contributed by atoms with van der Waals surface area (Å²) < 4.78 is 0. The van der Waals surface area contributed by atoms with Crippen molar-refractivity contribution < 1.29 is 4.79 Å². The minimum absolute atomic E-state index is 0.0214. The van der Waals surface area contributed by atoms with Crippen LogP contribution in [-0.2, 0) is 4.79 Å². The third-order valence-corrected chi connectivity index (χ3v) is 6.57. The molecule has 0 heterocycles. The lowest BCUT2D eigenvalue weighted by atomic mass is 10.00. The zero-order valence-corrected chi connectivity index (χ0v) is 20.8. The Bertz CT molecular complexity index is 1070. The smallest absolute Gasteiger partial charge is 0.246 e. The Morgan fingerprint density at radius 2 is 1.64 bits per heavy atom. The highest BCUT2D eigenvalue weighted by atomic mass is 35.5. The number of amides is 1. The molecule has 0 aliphatic heterocycles. The average Bonchev–Trinajstić information content (AvgIpc) is 2.83. The Balaban J connectivity index is 1.71. The van der Waals surface area contributed by atoms with E-state index in [0.717, 1.165) is 52.2 Å². The van der Waals surface area contributed by atoms with Gasteiger partial charge in [0.25, 0.3) is 0 Å². The van der Waals surface area contributed by atoms with Crippen LogP contribution in [0.25, 0.3) is 0 Å². The lowest BCUT2D eigenvalue weighted by Gasteiger charge is -2.20. The Hall–Kier alpha value is -2.69. The molecule has 3 rings (SSSR count). The number of rotatable bonds is 11. The molecule has 0 aliphatic carbocycles. The molecule has 172 valence electrons. The zero-order valence-electron chi connectivity index (χ0n) is 19.2. The minimum Gasteiger partial charge on any atom is -0.374 e. The molecular weight excluding hydrogens is 448 g/mol. The van der Waals surface area contributed by atoms with Crippen molar-refractivity contribution in [2.75, 3.05) is 10.6 Å². The van der Waals surface area contributed by atoms with E-state index in [0.29, 0.717) is 5.02 Å². The molecule has 33 heavy (non-hydrogen) atoms. The van der Waals surface area contributed by atoms with Crippen molar-refractivity contribution in [1.29, 1.82) is 0 Å². The van der Waals surface area contributed by atoms with Crippen LogP contribution in [0.15, 0.2) is 72.8 Å². The molecule has 0 aromatic heterocycles. The molecule has 0 saturated carbocycles. The van der Waals surface area contributed by atoms with Crippen LogP contribution < -0.4 is 10.6 Å². The first-order valence-corrected chi connectivity index (χ1v) is 12.3. The Morgan fingerprint density at radius 3 is 2.33 bits per heavy atom. The van der Waals surface area contributed by atoms with Gasteiger partial charge < -0.3 is 10.6 Å². The summed E-state index contributed by atoms with van der Waals surface area (Å²) in [6.07, 6.45) is 5.26. The van der Waals surface area contributed by atoms with Crippen LogP contribution in [0, 0.1) is 6.92 Å². The van der Waals surface area contributed by atoms with Crippen LogP contribution in [0.4, 0.5) is 11.4 Å². The highest BCUT2D eigenvalue weighted by Gasteiger charge is 2.18. The van der Waals surface area contributed by atoms with E-state index in [2.05, 4.69) is 17.6 Å². The van der Waals surface area contributed by atoms with Gasteiger partial charge in [-0.25, -0.2) is 0 Å². The van der Waals surface area contributed by atoms with Crippen LogP contribution in [0.3, 0.4) is 0 Å². The Morgan fingerprint density at radius 1 is 0.909 bits per heavy atom. The van der Waals surface area contributed by atoms with E-state index >= 15 is 0 Å². The van der Waals surface area contributed by atoms with Gasteiger partial charge in [0.1, 0.15) is 6.04 Å². The van der Waals surface area contributed by atoms with E-state index in [1.54, 1.807) is 0 Å². The number of thiocarbonyl (C=S) groups is 1. The second-order valence-corrected chi connectivity index (χ2v) is 9.04. The Labute approximate surface area is 207 Å². The molecule has 1 atom stereocenters. The van der Waals surface area contributed by atoms with Crippen LogP contribution >= 0.6 is 23.8 Å². The first kappa shape index (κ1) is 24.9. The third kappa shape index (κ3) is 7.15. The van der Waals surface area contributed by atoms with Crippen molar-refractivity contribution in [1.82, 2.24) is 0 Å². The number of benzene rings is 3. The van der Waals surface area contributed by atoms with Gasteiger partial charge in [0, 0.05) is 16.4 Å². The maximum Gasteiger partial charge on any atom is 0.246 e. The van der Waals surface area contributed by atoms with Gasteiger partial charge in [0.05, 0.1) is 4.86 Å². The summed E-state index contributed by atoms with van der Waals surface area (Å²) in [5, 5.41) is 7.17. The van der Waals surface area contributed by atoms with E-state index in [4.69, 9.17) is 23.8 Å². The van der Waals surface area contributed by atoms with Crippen molar-refractivity contribution in [3.8, 4) is 0 Å². The fraction of sp³-hybridized carbons (Fsp3) is 0.286. The molecule has 3 nitrogen and oxygen atoms in total. The normalized spacial score (nSPS) is 11.6. The summed E-state index contributed by atoms with van der Waals surface area (Å²) in [5.74, 6) is -0.0214. The quantitative estimate of drug-likeness (QED) is 0.168. The Kier molecular flexibility index (Phi) is 9.47. The predicted molar refractivity (Wildman–Crippen MR) is 145 cm³/mol. The van der Waals surface area contributed by atoms with Gasteiger partial charge in [0.15, 0.2) is 0 Å². The number of carbonyl (C=O) groups is 1. The van der Waals surface area contributed by atoms with Gasteiger partial charge in [-0.3, -0.25) is 4.79 Å². The summed E-state index contributed by atoms with van der Waals surface area (Å²) >= 11 is 12.0. The number of unbranched alkanes of at least 4 members (excludes halogenated alkanes) is 3. The van der Waals surface area contributed by atoms with Gasteiger partial charge in [-0.15, -0.1) is 0 Å². The molecule has 0 fully saturated rings. The van der Waals surface area contributed by atoms with E-state index in [-0.39, 0.29) is 11.9 Å². The number of hydrogen-bond acceptors (Lipinski definition) is 3. The van der Waals surface area contributed by atoms with E-state index in [1.165, 1.54) is 12.8 Å². The lowest BCUT2D eigenvalue weighted by molar-refractivity contribution is -0.117. The van der Waals surface area contributed by atoms with E-state index in [9.17, 15) is 4.79 Å². The van der Waals surface area contributed by atoms with Gasteiger partial charge in [-0.2, -0.15) is 0 Å². The molecule has 1 unspecified atom stereocenters. The molecule has 3 aromatic rings. The topological polar surface area (TPSA) is 41.1 Å². The van der Waals surface area contributed by atoms with Gasteiger partial charge in [0.2, 0.25) is 5.91 Å². The number of nitrogens with one attached hydrogen (secondary N) is 2. The van der Waals surface area contributed by atoms with Crippen LogP contribution in [0.5, 0.6) is 0 Å². The molecule has 3 aromatic carbocycles. The van der Waals surface area contributed by atoms with Crippen molar-refractivity contribution in [2.24, 2.45) is 0 Å². The minimum atomic E-state index is -0.310. The second kappa shape index (κ2) is 12.5. The number of halogens is 1. The molecule has 0 aliphatic rings. The van der Waals surface area contributed by atoms with Crippen LogP contribution in [0.1, 0.15) is 55.7 Å². The first-order valence-electron chi connectivity index (χ1n) is 11.5. The number of anilines is 2. The largest absolute Gasteiger partial charge is 0.374 e. The number of carbonyl (C=O) groups excluding carboxylic acids is 1. The van der Waals surface area contributed by atoms with Gasteiger partial charge in [-0.05, 0) is 60.4 Å². The maximum atomic E-state index is 13.0. The standard InChI is InChI=1S/C28H31ClN2OS/c1-3-4-5-9-15-26(28(32)31-22-11-7-6-8-12-22)30-23-18-16-21(17-19-23)27(33)24-13-10-14-25(29)20(24)2/h6-8,10-14,16-19,26,30H,3-5,9,15H2,1-2H3,(H,31,32). The van der Waals surface area contributed by atoms with Crippen molar-refractivity contribution >= 4 is 46.0 Å². The monoisotopic (exact) mass is 478 g/mol. The van der Waals surface area contributed by atoms with Crippen LogP contribution in [0.2, 0.25) is 5.02 Å². The van der Waals surface area contributed by atoms with Crippen molar-refractivity contribution in [2.45, 2.75) is 52.0 Å². The summed E-state index contributed by atoms with van der Waals surface area (Å²) in [5.41, 5.74) is 4.60. The fourth-order valence-corrected chi connectivity index (χ4v) is 4.25. The SMILES string of the molecule is CCCCCCC(Nc1ccc(C(=S)c2cccc(Cl)c2C)cc1)C(=O)Nc1ccccc1. The molecule has 0 radical (unpaired) electrons. The van der Waals surface area contributed by atoms with E-state index < -0.39 is 0 Å². The van der Waals surface area contributed by atoms with E-state index in [1.807, 2.05) is 79.7 Å². The molecule has 5 heteroatoms. The average molecular weight is 479 g/mol. The highest BCUT2D eigenvalue weighted by Crippen LogP contribution is 2.23. The number of hydrogen-bond donors (Lipinski definition) is 2. The molecule has 2 N–H and O–H groups in total. The molecule has 0 spiro atoms. The lowest BCUT2D eigenvalue weighted by Crippen LogP contribution is -2.34. The maximum absolute atomic E-state index is 13.0. The zero-order chi connectivity index (χ0) is 23.6. The summed E-state index contributed by atoms with van der Waals surface area (Å²) in [7, 11) is 0. The predicted octanol–water partition coefficient (Wildman–Crippen LogP) is 7.80. The number of para-hydroxylation sites is 1. The summed E-state index contributed by atoms with van der Waals surface area (Å²) in [6.45, 7) is 4.17.